The summed E-state index contributed by atoms with van der Waals surface area (Å²) >= 11 is 5.94. The van der Waals surface area contributed by atoms with Gasteiger partial charge in [-0.25, -0.2) is 4.98 Å². The molecule has 0 saturated heterocycles. The van der Waals surface area contributed by atoms with Crippen LogP contribution in [0.15, 0.2) is 18.2 Å². The molecule has 14 heavy (non-hydrogen) atoms. The van der Waals surface area contributed by atoms with Gasteiger partial charge in [0.05, 0.1) is 5.52 Å². The second kappa shape index (κ2) is 3.50. The van der Waals surface area contributed by atoms with Crippen molar-refractivity contribution in [3.05, 3.63) is 29.2 Å². The van der Waals surface area contributed by atoms with Crippen LogP contribution in [0.3, 0.4) is 0 Å². The lowest BCUT2D eigenvalue weighted by molar-refractivity contribution is 0.442. The van der Waals surface area contributed by atoms with E-state index in [1.54, 1.807) is 16.5 Å². The lowest BCUT2D eigenvalue weighted by Gasteiger charge is -2.01. The third-order valence-corrected chi connectivity index (χ3v) is 2.42. The van der Waals surface area contributed by atoms with E-state index in [0.717, 1.165) is 24.2 Å². The molecule has 2 rings (SSSR count). The topological polar surface area (TPSA) is 37.5 Å². The van der Waals surface area contributed by atoms with Crippen LogP contribution in [0.5, 0.6) is 5.88 Å². The van der Waals surface area contributed by atoms with Crippen molar-refractivity contribution < 1.29 is 5.11 Å². The fourth-order valence-electron chi connectivity index (χ4n) is 1.54. The first-order valence-corrected chi connectivity index (χ1v) is 4.96. The molecule has 0 aliphatic carbocycles. The number of hydrogen-bond donors (Lipinski definition) is 1. The Balaban J connectivity index is 2.72. The molecule has 0 saturated carbocycles. The summed E-state index contributed by atoms with van der Waals surface area (Å²) in [5, 5.41) is 10.1. The van der Waals surface area contributed by atoms with E-state index in [1.807, 2.05) is 6.07 Å². The third kappa shape index (κ3) is 1.34. The number of aryl methyl sites for hydroxylation is 1. The summed E-state index contributed by atoms with van der Waals surface area (Å²) in [7, 11) is 0. The first-order valence-electron chi connectivity index (χ1n) is 4.59. The van der Waals surface area contributed by atoms with E-state index in [0.29, 0.717) is 5.15 Å². The zero-order chi connectivity index (χ0) is 10.1. The number of hydrogen-bond acceptors (Lipinski definition) is 2. The molecule has 1 N–H and O–H groups in total. The molecular weight excluding hydrogens is 200 g/mol. The second-order valence-corrected chi connectivity index (χ2v) is 3.53. The molecular formula is C10H11ClN2O. The van der Waals surface area contributed by atoms with E-state index in [2.05, 4.69) is 11.9 Å². The molecule has 4 heteroatoms. The second-order valence-electron chi connectivity index (χ2n) is 3.17. The molecule has 2 aromatic rings. The summed E-state index contributed by atoms with van der Waals surface area (Å²) in [6.45, 7) is 2.06. The number of aromatic nitrogens is 2. The SMILES string of the molecule is CCCc1nc(Cl)c2cccc(O)n12. The maximum absolute atomic E-state index is 9.66. The number of nitrogens with zero attached hydrogens (tertiary/aromatic N) is 2. The Kier molecular flexibility index (Phi) is 2.33. The van der Waals surface area contributed by atoms with Crippen LogP contribution in [-0.2, 0) is 6.42 Å². The van der Waals surface area contributed by atoms with E-state index < -0.39 is 0 Å². The molecule has 0 aliphatic heterocycles. The van der Waals surface area contributed by atoms with E-state index in [9.17, 15) is 5.11 Å². The Hall–Kier alpha value is -1.22. The molecule has 0 aromatic carbocycles. The average molecular weight is 211 g/mol. The van der Waals surface area contributed by atoms with Gasteiger partial charge in [0.25, 0.3) is 0 Å². The molecule has 0 atom stereocenters. The van der Waals surface area contributed by atoms with Crippen LogP contribution in [-0.4, -0.2) is 14.5 Å². The largest absolute Gasteiger partial charge is 0.494 e. The van der Waals surface area contributed by atoms with Crippen LogP contribution in [0, 0.1) is 0 Å². The smallest absolute Gasteiger partial charge is 0.197 e. The highest BCUT2D eigenvalue weighted by molar-refractivity contribution is 6.32. The van der Waals surface area contributed by atoms with Crippen molar-refractivity contribution in [3.8, 4) is 5.88 Å². The minimum Gasteiger partial charge on any atom is -0.494 e. The van der Waals surface area contributed by atoms with Crippen LogP contribution >= 0.6 is 11.6 Å². The molecule has 0 spiro atoms. The Morgan fingerprint density at radius 2 is 2.29 bits per heavy atom. The van der Waals surface area contributed by atoms with E-state index in [1.165, 1.54) is 0 Å². The molecule has 2 heterocycles. The summed E-state index contributed by atoms with van der Waals surface area (Å²) in [5.74, 6) is 0.996. The highest BCUT2D eigenvalue weighted by Gasteiger charge is 2.10. The van der Waals surface area contributed by atoms with Crippen LogP contribution in [0.25, 0.3) is 5.52 Å². The van der Waals surface area contributed by atoms with Crippen LogP contribution in [0.1, 0.15) is 19.2 Å². The van der Waals surface area contributed by atoms with Crippen molar-refractivity contribution >= 4 is 17.1 Å². The average Bonchev–Trinajstić information content (AvgIpc) is 2.46. The minimum atomic E-state index is 0.186. The molecule has 0 fully saturated rings. The van der Waals surface area contributed by atoms with Gasteiger partial charge in [-0.05, 0) is 18.6 Å². The van der Waals surface area contributed by atoms with E-state index >= 15 is 0 Å². The highest BCUT2D eigenvalue weighted by atomic mass is 35.5. The van der Waals surface area contributed by atoms with Gasteiger partial charge in [-0.1, -0.05) is 24.6 Å². The number of aromatic hydroxyl groups is 1. The predicted octanol–water partition coefficient (Wildman–Crippen LogP) is 2.65. The Morgan fingerprint density at radius 1 is 1.50 bits per heavy atom. The summed E-state index contributed by atoms with van der Waals surface area (Å²) in [6.07, 6.45) is 1.79. The van der Waals surface area contributed by atoms with Gasteiger partial charge >= 0.3 is 0 Å². The number of imidazole rings is 1. The van der Waals surface area contributed by atoms with Crippen molar-refractivity contribution in [2.24, 2.45) is 0 Å². The summed E-state index contributed by atoms with van der Waals surface area (Å²) < 4.78 is 1.69. The number of halogens is 1. The molecule has 0 amide bonds. The third-order valence-electron chi connectivity index (χ3n) is 2.14. The number of rotatable bonds is 2. The Bertz CT molecular complexity index is 464. The van der Waals surface area contributed by atoms with Gasteiger partial charge < -0.3 is 5.11 Å². The minimum absolute atomic E-state index is 0.186. The van der Waals surface area contributed by atoms with E-state index in [4.69, 9.17) is 11.6 Å². The number of fused-ring (bicyclic) bond motifs is 1. The lowest BCUT2D eigenvalue weighted by atomic mass is 10.3. The predicted molar refractivity (Wildman–Crippen MR) is 55.9 cm³/mol. The Labute approximate surface area is 87.0 Å². The molecule has 0 bridgehead atoms. The first-order chi connectivity index (χ1) is 6.74. The fraction of sp³-hybridized carbons (Fsp3) is 0.300. The quantitative estimate of drug-likeness (QED) is 0.828. The van der Waals surface area contributed by atoms with Gasteiger partial charge in [0.2, 0.25) is 0 Å². The summed E-state index contributed by atoms with van der Waals surface area (Å²) in [4.78, 5) is 4.21. The van der Waals surface area contributed by atoms with Crippen molar-refractivity contribution in [2.75, 3.05) is 0 Å². The number of pyridine rings is 1. The molecule has 2 aromatic heterocycles. The highest BCUT2D eigenvalue weighted by Crippen LogP contribution is 2.23. The first kappa shape index (κ1) is 9.34. The lowest BCUT2D eigenvalue weighted by Crippen LogP contribution is -1.94. The normalized spacial score (nSPS) is 11.0. The van der Waals surface area contributed by atoms with Gasteiger partial charge in [0, 0.05) is 6.42 Å². The maximum Gasteiger partial charge on any atom is 0.197 e. The monoisotopic (exact) mass is 210 g/mol. The van der Waals surface area contributed by atoms with Gasteiger partial charge in [-0.15, -0.1) is 0 Å². The molecule has 3 nitrogen and oxygen atoms in total. The zero-order valence-electron chi connectivity index (χ0n) is 7.87. The fourth-order valence-corrected chi connectivity index (χ4v) is 1.79. The molecule has 0 radical (unpaired) electrons. The van der Waals surface area contributed by atoms with Crippen LogP contribution in [0.2, 0.25) is 5.15 Å². The van der Waals surface area contributed by atoms with Crippen LogP contribution < -0.4 is 0 Å². The summed E-state index contributed by atoms with van der Waals surface area (Å²) in [6, 6.07) is 5.23. The van der Waals surface area contributed by atoms with Crippen molar-refractivity contribution in [1.82, 2.24) is 9.38 Å². The van der Waals surface area contributed by atoms with Crippen molar-refractivity contribution in [3.63, 3.8) is 0 Å². The zero-order valence-corrected chi connectivity index (χ0v) is 8.62. The molecule has 0 aliphatic rings. The standard InChI is InChI=1S/C10H11ClN2O/c1-2-4-8-12-10(11)7-5-3-6-9(14)13(7)8/h3,5-6,14H,2,4H2,1H3. The van der Waals surface area contributed by atoms with Crippen molar-refractivity contribution in [2.45, 2.75) is 19.8 Å². The maximum atomic E-state index is 9.66. The van der Waals surface area contributed by atoms with Gasteiger partial charge in [-0.2, -0.15) is 0 Å². The summed E-state index contributed by atoms with van der Waals surface area (Å²) in [5.41, 5.74) is 0.759. The van der Waals surface area contributed by atoms with Gasteiger partial charge in [-0.3, -0.25) is 4.40 Å². The van der Waals surface area contributed by atoms with E-state index in [-0.39, 0.29) is 5.88 Å². The Morgan fingerprint density at radius 3 is 3.00 bits per heavy atom. The molecule has 74 valence electrons. The van der Waals surface area contributed by atoms with Crippen LogP contribution in [0.4, 0.5) is 0 Å². The van der Waals surface area contributed by atoms with Gasteiger partial charge in [0.15, 0.2) is 11.0 Å². The van der Waals surface area contributed by atoms with Crippen molar-refractivity contribution in [1.29, 1.82) is 0 Å². The van der Waals surface area contributed by atoms with Gasteiger partial charge in [0.1, 0.15) is 5.82 Å². The molecule has 0 unspecified atom stereocenters.